The Morgan fingerprint density at radius 3 is 2.77 bits per heavy atom. The first-order valence-electron chi connectivity index (χ1n) is 9.19. The number of hydroxylamine groups is 1. The van der Waals surface area contributed by atoms with Gasteiger partial charge in [-0.15, -0.1) is 0 Å². The number of rotatable bonds is 8. The van der Waals surface area contributed by atoms with Crippen molar-refractivity contribution in [1.82, 2.24) is 25.0 Å². The number of carbonyl (C=O) groups is 1. The highest BCUT2D eigenvalue weighted by Gasteiger charge is 2.21. The van der Waals surface area contributed by atoms with Gasteiger partial charge in [-0.05, 0) is 35.0 Å². The van der Waals surface area contributed by atoms with E-state index in [1.54, 1.807) is 0 Å². The van der Waals surface area contributed by atoms with Crippen LogP contribution in [0.1, 0.15) is 6.92 Å². The smallest absolute Gasteiger partial charge is 0.231 e. The SMILES string of the molecule is CCOCCn1c(Sc2cc3c(cc2Br)OCO3)nc2c(NC)ncnc21.O=CNO. The van der Waals surface area contributed by atoms with Gasteiger partial charge in [-0.25, -0.2) is 20.4 Å². The summed E-state index contributed by atoms with van der Waals surface area (Å²) >= 11 is 5.14. The zero-order chi connectivity index (χ0) is 22.2. The number of aromatic nitrogens is 4. The Balaban J connectivity index is 0.000000628. The molecule has 0 saturated carbocycles. The third-order valence-electron chi connectivity index (χ3n) is 4.08. The fourth-order valence-corrected chi connectivity index (χ4v) is 4.26. The topological polar surface area (TPSA) is 133 Å². The molecule has 31 heavy (non-hydrogen) atoms. The lowest BCUT2D eigenvalue weighted by Crippen LogP contribution is -2.08. The molecule has 1 aromatic carbocycles. The van der Waals surface area contributed by atoms with Crippen molar-refractivity contribution < 1.29 is 24.2 Å². The largest absolute Gasteiger partial charge is 0.454 e. The minimum atomic E-state index is 0.181. The Labute approximate surface area is 190 Å². The summed E-state index contributed by atoms with van der Waals surface area (Å²) in [6.07, 6.45) is 1.72. The maximum absolute atomic E-state index is 8.81. The van der Waals surface area contributed by atoms with Gasteiger partial charge in [0.15, 0.2) is 33.6 Å². The molecule has 0 unspecified atom stereocenters. The lowest BCUT2D eigenvalue weighted by atomic mass is 10.3. The normalized spacial score (nSPS) is 11.7. The summed E-state index contributed by atoms with van der Waals surface area (Å²) in [5.74, 6) is 2.16. The molecule has 11 nitrogen and oxygen atoms in total. The van der Waals surface area contributed by atoms with Crippen LogP contribution < -0.4 is 20.3 Å². The molecule has 3 aromatic rings. The molecule has 166 valence electrons. The summed E-state index contributed by atoms with van der Waals surface area (Å²) in [4.78, 5) is 23.3. The van der Waals surface area contributed by atoms with E-state index >= 15 is 0 Å². The van der Waals surface area contributed by atoms with Gasteiger partial charge in [0, 0.05) is 23.0 Å². The van der Waals surface area contributed by atoms with Crippen LogP contribution in [0.2, 0.25) is 0 Å². The number of imidazole rings is 1. The number of nitrogens with one attached hydrogen (secondary N) is 2. The van der Waals surface area contributed by atoms with Crippen LogP contribution in [-0.2, 0) is 16.1 Å². The molecule has 0 saturated heterocycles. The van der Waals surface area contributed by atoms with Crippen LogP contribution in [0.4, 0.5) is 5.82 Å². The number of nitrogens with zero attached hydrogens (tertiary/aromatic N) is 4. The monoisotopic (exact) mass is 512 g/mol. The molecule has 0 radical (unpaired) electrons. The fourth-order valence-electron chi connectivity index (χ4n) is 2.75. The highest BCUT2D eigenvalue weighted by atomic mass is 79.9. The average Bonchev–Trinajstić information content (AvgIpc) is 3.38. The first-order valence-corrected chi connectivity index (χ1v) is 10.8. The zero-order valence-electron chi connectivity index (χ0n) is 16.8. The maximum Gasteiger partial charge on any atom is 0.231 e. The van der Waals surface area contributed by atoms with E-state index in [-0.39, 0.29) is 13.2 Å². The minimum Gasteiger partial charge on any atom is -0.454 e. The van der Waals surface area contributed by atoms with Gasteiger partial charge < -0.3 is 24.1 Å². The van der Waals surface area contributed by atoms with Crippen molar-refractivity contribution in [2.45, 2.75) is 23.5 Å². The third kappa shape index (κ3) is 5.36. The number of anilines is 1. The molecule has 3 N–H and O–H groups in total. The number of ether oxygens (including phenoxy) is 3. The second-order valence-corrected chi connectivity index (χ2v) is 7.74. The summed E-state index contributed by atoms with van der Waals surface area (Å²) in [5, 5.41) is 11.1. The van der Waals surface area contributed by atoms with Gasteiger partial charge in [0.1, 0.15) is 6.33 Å². The van der Waals surface area contributed by atoms with Crippen molar-refractivity contribution >= 4 is 51.1 Å². The maximum atomic E-state index is 8.81. The lowest BCUT2D eigenvalue weighted by Gasteiger charge is -2.10. The zero-order valence-corrected chi connectivity index (χ0v) is 19.2. The summed E-state index contributed by atoms with van der Waals surface area (Å²) in [6, 6.07) is 3.87. The van der Waals surface area contributed by atoms with E-state index in [0.29, 0.717) is 25.6 Å². The lowest BCUT2D eigenvalue weighted by molar-refractivity contribution is -0.116. The average molecular weight is 513 g/mol. The quantitative estimate of drug-likeness (QED) is 0.179. The van der Waals surface area contributed by atoms with Crippen molar-refractivity contribution in [2.75, 3.05) is 32.4 Å². The van der Waals surface area contributed by atoms with Gasteiger partial charge in [-0.2, -0.15) is 0 Å². The fraction of sp³-hybridized carbons (Fsp3) is 0.333. The van der Waals surface area contributed by atoms with Crippen molar-refractivity contribution in [3.05, 3.63) is 22.9 Å². The van der Waals surface area contributed by atoms with Crippen molar-refractivity contribution in [3.8, 4) is 11.5 Å². The van der Waals surface area contributed by atoms with Gasteiger partial charge in [-0.1, -0.05) is 11.8 Å². The Morgan fingerprint density at radius 2 is 2.10 bits per heavy atom. The van der Waals surface area contributed by atoms with Gasteiger partial charge in [0.25, 0.3) is 0 Å². The molecule has 0 atom stereocenters. The highest BCUT2D eigenvalue weighted by Crippen LogP contribution is 2.43. The molecule has 0 bridgehead atoms. The van der Waals surface area contributed by atoms with Gasteiger partial charge >= 0.3 is 0 Å². The molecule has 3 heterocycles. The van der Waals surface area contributed by atoms with E-state index in [4.69, 9.17) is 29.2 Å². The Bertz CT molecular complexity index is 1050. The molecule has 1 amide bonds. The molecule has 2 aromatic heterocycles. The number of amides is 1. The predicted octanol–water partition coefficient (Wildman–Crippen LogP) is 2.67. The number of fused-ring (bicyclic) bond motifs is 2. The van der Waals surface area contributed by atoms with Gasteiger partial charge in [-0.3, -0.25) is 10.0 Å². The van der Waals surface area contributed by atoms with Gasteiger partial charge in [0.2, 0.25) is 13.2 Å². The van der Waals surface area contributed by atoms with Crippen LogP contribution in [0.5, 0.6) is 11.5 Å². The van der Waals surface area contributed by atoms with Crippen LogP contribution in [0.25, 0.3) is 11.2 Å². The Hall–Kier alpha value is -2.61. The third-order valence-corrected chi connectivity index (χ3v) is 6.05. The standard InChI is InChI=1S/C17H18BrN5O3S.CH3NO2/c1-3-24-5-4-23-16-14(15(19-2)20-8-21-16)22-17(23)27-13-7-12-11(6-10(13)18)25-9-26-12;3-1-2-4/h6-8H,3-5,9H2,1-2H3,(H,19,20,21);1,4H,(H,2,3). The molecule has 13 heteroatoms. The van der Waals surface area contributed by atoms with Crippen LogP contribution in [0, 0.1) is 0 Å². The Morgan fingerprint density at radius 1 is 1.35 bits per heavy atom. The number of halogens is 1. The first-order chi connectivity index (χ1) is 15.1. The predicted molar refractivity (Wildman–Crippen MR) is 117 cm³/mol. The molecule has 1 aliphatic heterocycles. The van der Waals surface area contributed by atoms with Crippen LogP contribution in [0.3, 0.4) is 0 Å². The second-order valence-electron chi connectivity index (χ2n) is 5.87. The second kappa shape index (κ2) is 11.1. The highest BCUT2D eigenvalue weighted by molar-refractivity contribution is 9.10. The van der Waals surface area contributed by atoms with Crippen LogP contribution in [-0.4, -0.2) is 58.2 Å². The van der Waals surface area contributed by atoms with E-state index in [9.17, 15) is 0 Å². The molecule has 0 fully saturated rings. The summed E-state index contributed by atoms with van der Waals surface area (Å²) < 4.78 is 19.4. The molecular formula is C18H21BrN6O5S. The Kier molecular flexibility index (Phi) is 8.28. The minimum absolute atomic E-state index is 0.181. The number of hydrogen-bond donors (Lipinski definition) is 3. The molecular weight excluding hydrogens is 492 g/mol. The van der Waals surface area contributed by atoms with E-state index in [1.807, 2.05) is 26.1 Å². The van der Waals surface area contributed by atoms with E-state index < -0.39 is 0 Å². The van der Waals surface area contributed by atoms with Gasteiger partial charge in [0.05, 0.1) is 13.2 Å². The van der Waals surface area contributed by atoms with E-state index in [0.717, 1.165) is 37.2 Å². The summed E-state index contributed by atoms with van der Waals surface area (Å²) in [7, 11) is 1.82. The van der Waals surface area contributed by atoms with Crippen molar-refractivity contribution in [1.29, 1.82) is 0 Å². The summed E-state index contributed by atoms with van der Waals surface area (Å²) in [5.41, 5.74) is 2.75. The number of carbonyl (C=O) groups excluding carboxylic acids is 1. The van der Waals surface area contributed by atoms with E-state index in [1.165, 1.54) is 23.6 Å². The molecule has 4 rings (SSSR count). The molecule has 1 aliphatic rings. The molecule has 0 spiro atoms. The molecule has 0 aliphatic carbocycles. The number of benzene rings is 1. The summed E-state index contributed by atoms with van der Waals surface area (Å²) in [6.45, 7) is 4.11. The van der Waals surface area contributed by atoms with Crippen molar-refractivity contribution in [2.24, 2.45) is 0 Å². The van der Waals surface area contributed by atoms with E-state index in [2.05, 4.69) is 35.8 Å². The number of hydrogen-bond acceptors (Lipinski definition) is 10. The van der Waals surface area contributed by atoms with Crippen LogP contribution in [0.15, 0.2) is 33.0 Å². The first kappa shape index (κ1) is 23.1. The van der Waals surface area contributed by atoms with Crippen LogP contribution >= 0.6 is 27.7 Å². The van der Waals surface area contributed by atoms with Crippen molar-refractivity contribution in [3.63, 3.8) is 0 Å².